The highest BCUT2D eigenvalue weighted by molar-refractivity contribution is 5.86. The number of amides is 2. The number of morpholine rings is 1. The SMILES string of the molecule is NC1(C(=O)NCCC(=O)N2CCOCC2)CCOCC1. The first-order valence-electron chi connectivity index (χ1n) is 7.12. The number of carbonyl (C=O) groups excluding carboxylic acids is 2. The molecule has 0 saturated carbocycles. The number of nitrogens with one attached hydrogen (secondary N) is 1. The standard InChI is InChI=1S/C13H23N3O4/c14-13(2-7-19-8-3-13)12(18)15-4-1-11(17)16-5-9-20-10-6-16/h1-10,14H2,(H,15,18). The summed E-state index contributed by atoms with van der Waals surface area (Å²) in [4.78, 5) is 25.7. The van der Waals surface area contributed by atoms with Crippen LogP contribution in [0.25, 0.3) is 0 Å². The monoisotopic (exact) mass is 285 g/mol. The minimum Gasteiger partial charge on any atom is -0.381 e. The van der Waals surface area contributed by atoms with E-state index in [1.54, 1.807) is 4.90 Å². The van der Waals surface area contributed by atoms with Gasteiger partial charge in [-0.15, -0.1) is 0 Å². The van der Waals surface area contributed by atoms with E-state index in [1.165, 1.54) is 0 Å². The number of ether oxygens (including phenoxy) is 2. The first-order chi connectivity index (χ1) is 9.62. The van der Waals surface area contributed by atoms with Gasteiger partial charge in [0, 0.05) is 39.3 Å². The van der Waals surface area contributed by atoms with E-state index >= 15 is 0 Å². The number of carbonyl (C=O) groups is 2. The quantitative estimate of drug-likeness (QED) is 0.681. The van der Waals surface area contributed by atoms with Crippen LogP contribution >= 0.6 is 0 Å². The summed E-state index contributed by atoms with van der Waals surface area (Å²) < 4.78 is 10.4. The Bertz CT molecular complexity index is 350. The van der Waals surface area contributed by atoms with Crippen LogP contribution in [-0.4, -0.2) is 68.3 Å². The summed E-state index contributed by atoms with van der Waals surface area (Å²) in [6, 6.07) is 0. The van der Waals surface area contributed by atoms with Gasteiger partial charge in [0.1, 0.15) is 0 Å². The number of hydrogen-bond acceptors (Lipinski definition) is 5. The van der Waals surface area contributed by atoms with Gasteiger partial charge in [-0.2, -0.15) is 0 Å². The van der Waals surface area contributed by atoms with Crippen molar-refractivity contribution in [1.82, 2.24) is 10.2 Å². The number of rotatable bonds is 4. The first kappa shape index (κ1) is 15.2. The predicted molar refractivity (Wildman–Crippen MR) is 72.0 cm³/mol. The minimum atomic E-state index is -0.847. The smallest absolute Gasteiger partial charge is 0.240 e. The van der Waals surface area contributed by atoms with Gasteiger partial charge in [0.15, 0.2) is 0 Å². The summed E-state index contributed by atoms with van der Waals surface area (Å²) in [6.45, 7) is 3.78. The first-order valence-corrected chi connectivity index (χ1v) is 7.12. The van der Waals surface area contributed by atoms with Gasteiger partial charge in [0.25, 0.3) is 0 Å². The normalized spacial score (nSPS) is 22.4. The Hall–Kier alpha value is -1.18. The Morgan fingerprint density at radius 3 is 2.35 bits per heavy atom. The molecule has 0 atom stereocenters. The molecule has 7 nitrogen and oxygen atoms in total. The predicted octanol–water partition coefficient (Wildman–Crippen LogP) is -1.14. The third kappa shape index (κ3) is 3.91. The third-order valence-corrected chi connectivity index (χ3v) is 3.83. The van der Waals surface area contributed by atoms with Crippen molar-refractivity contribution in [3.05, 3.63) is 0 Å². The molecule has 114 valence electrons. The van der Waals surface area contributed by atoms with E-state index in [0.717, 1.165) is 0 Å². The van der Waals surface area contributed by atoms with E-state index in [1.807, 2.05) is 0 Å². The highest BCUT2D eigenvalue weighted by Crippen LogP contribution is 2.17. The summed E-state index contributed by atoms with van der Waals surface area (Å²) in [6.07, 6.45) is 1.35. The van der Waals surface area contributed by atoms with Gasteiger partial charge >= 0.3 is 0 Å². The number of hydrogen-bond donors (Lipinski definition) is 2. The van der Waals surface area contributed by atoms with Crippen molar-refractivity contribution < 1.29 is 19.1 Å². The Balaban J connectivity index is 1.69. The molecule has 7 heteroatoms. The van der Waals surface area contributed by atoms with Gasteiger partial charge in [0.2, 0.25) is 11.8 Å². The largest absolute Gasteiger partial charge is 0.381 e. The second-order valence-electron chi connectivity index (χ2n) is 5.27. The van der Waals surface area contributed by atoms with Gasteiger partial charge in [-0.25, -0.2) is 0 Å². The summed E-state index contributed by atoms with van der Waals surface area (Å²) >= 11 is 0. The maximum absolute atomic E-state index is 12.0. The third-order valence-electron chi connectivity index (χ3n) is 3.83. The second-order valence-corrected chi connectivity index (χ2v) is 5.27. The Labute approximate surface area is 118 Å². The van der Waals surface area contributed by atoms with Gasteiger partial charge in [-0.3, -0.25) is 9.59 Å². The van der Waals surface area contributed by atoms with Crippen LogP contribution in [0, 0.1) is 0 Å². The molecule has 0 aromatic rings. The molecule has 2 heterocycles. The van der Waals surface area contributed by atoms with Crippen molar-refractivity contribution in [2.24, 2.45) is 5.73 Å². The van der Waals surface area contributed by atoms with Crippen molar-refractivity contribution in [1.29, 1.82) is 0 Å². The molecule has 0 bridgehead atoms. The Kier molecular flexibility index (Phi) is 5.33. The van der Waals surface area contributed by atoms with E-state index < -0.39 is 5.54 Å². The molecule has 0 spiro atoms. The lowest BCUT2D eigenvalue weighted by Crippen LogP contribution is -2.57. The van der Waals surface area contributed by atoms with Gasteiger partial charge in [-0.05, 0) is 12.8 Å². The fourth-order valence-corrected chi connectivity index (χ4v) is 2.39. The molecule has 2 aliphatic heterocycles. The molecule has 20 heavy (non-hydrogen) atoms. The highest BCUT2D eigenvalue weighted by atomic mass is 16.5. The van der Waals surface area contributed by atoms with Gasteiger partial charge < -0.3 is 25.4 Å². The molecular formula is C13H23N3O4. The summed E-state index contributed by atoms with van der Waals surface area (Å²) in [7, 11) is 0. The van der Waals surface area contributed by atoms with Crippen molar-refractivity contribution >= 4 is 11.8 Å². The van der Waals surface area contributed by atoms with Crippen LogP contribution in [0.1, 0.15) is 19.3 Å². The fraction of sp³-hybridized carbons (Fsp3) is 0.846. The maximum atomic E-state index is 12.0. The zero-order valence-corrected chi connectivity index (χ0v) is 11.7. The summed E-state index contributed by atoms with van der Waals surface area (Å²) in [5, 5.41) is 2.76. The Morgan fingerprint density at radius 2 is 1.70 bits per heavy atom. The lowest BCUT2D eigenvalue weighted by atomic mass is 9.90. The van der Waals surface area contributed by atoms with Gasteiger partial charge in [0.05, 0.1) is 18.8 Å². The van der Waals surface area contributed by atoms with Crippen molar-refractivity contribution in [2.45, 2.75) is 24.8 Å². The molecule has 0 unspecified atom stereocenters. The summed E-state index contributed by atoms with van der Waals surface area (Å²) in [5.74, 6) is -0.137. The minimum absolute atomic E-state index is 0.0478. The molecule has 0 aromatic heterocycles. The average molecular weight is 285 g/mol. The lowest BCUT2D eigenvalue weighted by molar-refractivity contribution is -0.135. The fourth-order valence-electron chi connectivity index (χ4n) is 2.39. The van der Waals surface area contributed by atoms with Crippen molar-refractivity contribution in [3.63, 3.8) is 0 Å². The molecule has 3 N–H and O–H groups in total. The molecule has 2 amide bonds. The van der Waals surface area contributed by atoms with Crippen LogP contribution in [0.4, 0.5) is 0 Å². The van der Waals surface area contributed by atoms with Crippen molar-refractivity contribution in [2.75, 3.05) is 46.1 Å². The molecule has 2 fully saturated rings. The van der Waals surface area contributed by atoms with Crippen LogP contribution in [-0.2, 0) is 19.1 Å². The second kappa shape index (κ2) is 7.01. The van der Waals surface area contributed by atoms with Gasteiger partial charge in [-0.1, -0.05) is 0 Å². The van der Waals surface area contributed by atoms with E-state index in [9.17, 15) is 9.59 Å². The molecule has 0 radical (unpaired) electrons. The molecular weight excluding hydrogens is 262 g/mol. The molecule has 2 rings (SSSR count). The van der Waals surface area contributed by atoms with Crippen LogP contribution in [0.15, 0.2) is 0 Å². The van der Waals surface area contributed by atoms with Crippen LogP contribution in [0.5, 0.6) is 0 Å². The molecule has 0 aromatic carbocycles. The highest BCUT2D eigenvalue weighted by Gasteiger charge is 2.35. The van der Waals surface area contributed by atoms with Crippen LogP contribution in [0.3, 0.4) is 0 Å². The average Bonchev–Trinajstić information content (AvgIpc) is 2.48. The zero-order chi connectivity index (χ0) is 14.4. The molecule has 2 saturated heterocycles. The van der Waals surface area contributed by atoms with E-state index in [-0.39, 0.29) is 11.8 Å². The number of nitrogens with two attached hydrogens (primary N) is 1. The maximum Gasteiger partial charge on any atom is 0.240 e. The van der Waals surface area contributed by atoms with E-state index in [2.05, 4.69) is 5.32 Å². The Morgan fingerprint density at radius 1 is 1.10 bits per heavy atom. The van der Waals surface area contributed by atoms with Crippen LogP contribution in [0.2, 0.25) is 0 Å². The zero-order valence-electron chi connectivity index (χ0n) is 11.7. The topological polar surface area (TPSA) is 93.9 Å². The van der Waals surface area contributed by atoms with Crippen LogP contribution < -0.4 is 11.1 Å². The lowest BCUT2D eigenvalue weighted by Gasteiger charge is -2.32. The van der Waals surface area contributed by atoms with E-state index in [0.29, 0.717) is 65.3 Å². The number of nitrogens with zero attached hydrogens (tertiary/aromatic N) is 1. The summed E-state index contributed by atoms with van der Waals surface area (Å²) in [5.41, 5.74) is 5.21. The molecule has 0 aliphatic carbocycles. The van der Waals surface area contributed by atoms with E-state index in [4.69, 9.17) is 15.2 Å². The molecule has 2 aliphatic rings. The van der Waals surface area contributed by atoms with Crippen molar-refractivity contribution in [3.8, 4) is 0 Å².